The number of hydrogen-bond acceptors (Lipinski definition) is 5. The second-order valence-electron chi connectivity index (χ2n) is 3.65. The van der Waals surface area contributed by atoms with E-state index >= 15 is 0 Å². The van der Waals surface area contributed by atoms with E-state index in [9.17, 15) is 13.0 Å². The molecule has 0 saturated carbocycles. The van der Waals surface area contributed by atoms with E-state index in [1.54, 1.807) is 13.8 Å². The van der Waals surface area contributed by atoms with E-state index in [1.165, 1.54) is 0 Å². The molecule has 1 aliphatic heterocycles. The maximum absolute atomic E-state index is 10.5. The summed E-state index contributed by atoms with van der Waals surface area (Å²) in [5.74, 6) is -0.711. The fourth-order valence-electron chi connectivity index (χ4n) is 1.22. The quantitative estimate of drug-likeness (QED) is 0.408. The maximum Gasteiger partial charge on any atom is 1.00 e. The van der Waals surface area contributed by atoms with E-state index in [0.717, 1.165) is 0 Å². The molecule has 0 aromatic rings. The molecule has 1 atom stereocenters. The molecule has 0 amide bonds. The second-order valence-corrected chi connectivity index (χ2v) is 5.13. The fraction of sp³-hybridized carbons (Fsp3) is 0.750. The predicted octanol–water partition coefficient (Wildman–Crippen LogP) is -2.41. The standard InChI is InChI=1S/C8H14O5S.Na/c1-6(14(9,10)11)4-7-5-12-8(2,3)13-7;/h7H,1,4-5H2,2-3H3,(H,9,10,11);/q;+1/p-1/t7-;/m0./s1. The van der Waals surface area contributed by atoms with Gasteiger partial charge in [0, 0.05) is 11.3 Å². The molecule has 0 bridgehead atoms. The zero-order valence-corrected chi connectivity index (χ0v) is 12.0. The van der Waals surface area contributed by atoms with Crippen molar-refractivity contribution in [2.45, 2.75) is 32.2 Å². The van der Waals surface area contributed by atoms with Crippen molar-refractivity contribution >= 4 is 10.1 Å². The van der Waals surface area contributed by atoms with Crippen LogP contribution in [0.3, 0.4) is 0 Å². The van der Waals surface area contributed by atoms with Gasteiger partial charge in [0.15, 0.2) is 5.79 Å². The van der Waals surface area contributed by atoms with Gasteiger partial charge < -0.3 is 14.0 Å². The molecule has 0 radical (unpaired) electrons. The van der Waals surface area contributed by atoms with Crippen molar-refractivity contribution < 1.29 is 52.0 Å². The Labute approximate surface area is 112 Å². The molecule has 0 N–H and O–H groups in total. The number of rotatable bonds is 3. The van der Waals surface area contributed by atoms with Gasteiger partial charge in [0.2, 0.25) is 0 Å². The summed E-state index contributed by atoms with van der Waals surface area (Å²) in [7, 11) is -4.41. The largest absolute Gasteiger partial charge is 1.00 e. The molecular weight excluding hydrogens is 231 g/mol. The average Bonchev–Trinajstić information content (AvgIpc) is 2.28. The van der Waals surface area contributed by atoms with E-state index < -0.39 is 22.0 Å². The van der Waals surface area contributed by atoms with Gasteiger partial charge >= 0.3 is 29.6 Å². The third-order valence-corrected chi connectivity index (χ3v) is 2.75. The van der Waals surface area contributed by atoms with Crippen LogP contribution in [-0.2, 0) is 19.6 Å². The van der Waals surface area contributed by atoms with Gasteiger partial charge in [-0.25, -0.2) is 8.42 Å². The predicted molar refractivity (Wildman–Crippen MR) is 48.4 cm³/mol. The van der Waals surface area contributed by atoms with Crippen LogP contribution < -0.4 is 29.6 Å². The molecule has 0 aliphatic carbocycles. The molecule has 1 fully saturated rings. The van der Waals surface area contributed by atoms with Gasteiger partial charge in [0.1, 0.15) is 10.1 Å². The molecule has 0 aromatic carbocycles. The first-order valence-electron chi connectivity index (χ1n) is 4.16. The minimum Gasteiger partial charge on any atom is -0.744 e. The molecule has 82 valence electrons. The molecule has 1 aliphatic rings. The molecule has 1 rings (SSSR count). The molecule has 1 heterocycles. The van der Waals surface area contributed by atoms with Gasteiger partial charge in [-0.1, -0.05) is 6.58 Å². The topological polar surface area (TPSA) is 75.7 Å². The normalized spacial score (nSPS) is 24.6. The van der Waals surface area contributed by atoms with Crippen molar-refractivity contribution in [3.8, 4) is 0 Å². The molecule has 0 spiro atoms. The van der Waals surface area contributed by atoms with Gasteiger partial charge in [-0.3, -0.25) is 0 Å². The fourth-order valence-corrected chi connectivity index (χ4v) is 1.61. The third-order valence-electron chi connectivity index (χ3n) is 1.88. The first-order valence-corrected chi connectivity index (χ1v) is 5.57. The Bertz CT molecular complexity index is 335. The van der Waals surface area contributed by atoms with Gasteiger partial charge in [-0.05, 0) is 13.8 Å². The second kappa shape index (κ2) is 5.27. The summed E-state index contributed by atoms with van der Waals surface area (Å²) in [6.07, 6.45) is -0.406. The first-order chi connectivity index (χ1) is 6.21. The third kappa shape index (κ3) is 4.95. The van der Waals surface area contributed by atoms with Gasteiger partial charge in [-0.15, -0.1) is 0 Å². The molecule has 0 aromatic heterocycles. The monoisotopic (exact) mass is 244 g/mol. The van der Waals surface area contributed by atoms with Crippen LogP contribution in [0.2, 0.25) is 0 Å². The first kappa shape index (κ1) is 15.6. The Morgan fingerprint density at radius 1 is 1.60 bits per heavy atom. The van der Waals surface area contributed by atoms with Crippen LogP contribution >= 0.6 is 0 Å². The SMILES string of the molecule is C=C(C[C@H]1COC(C)(C)O1)S(=O)(=O)[O-].[Na+]. The average molecular weight is 244 g/mol. The Balaban J connectivity index is 0.00000196. The molecule has 5 nitrogen and oxygen atoms in total. The minimum absolute atomic E-state index is 0. The summed E-state index contributed by atoms with van der Waals surface area (Å²) in [6, 6.07) is 0. The van der Waals surface area contributed by atoms with E-state index in [1.807, 2.05) is 0 Å². The van der Waals surface area contributed by atoms with Crippen LogP contribution in [-0.4, -0.2) is 31.5 Å². The van der Waals surface area contributed by atoms with Gasteiger partial charge in [0.25, 0.3) is 0 Å². The smallest absolute Gasteiger partial charge is 0.744 e. The molecule has 1 saturated heterocycles. The van der Waals surface area contributed by atoms with Gasteiger partial charge in [0.05, 0.1) is 12.7 Å². The number of ether oxygens (including phenoxy) is 2. The number of hydrogen-bond donors (Lipinski definition) is 0. The van der Waals surface area contributed by atoms with E-state index in [-0.39, 0.29) is 47.5 Å². The Morgan fingerprint density at radius 2 is 2.13 bits per heavy atom. The van der Waals surface area contributed by atoms with Crippen molar-refractivity contribution in [1.82, 2.24) is 0 Å². The van der Waals surface area contributed by atoms with Crippen molar-refractivity contribution in [3.05, 3.63) is 11.5 Å². The molecular formula is C8H13NaO5S. The van der Waals surface area contributed by atoms with Gasteiger partial charge in [-0.2, -0.15) is 0 Å². The summed E-state index contributed by atoms with van der Waals surface area (Å²) in [5, 5.41) is 0. The van der Waals surface area contributed by atoms with E-state index in [0.29, 0.717) is 0 Å². The molecule has 0 unspecified atom stereocenters. The van der Waals surface area contributed by atoms with Crippen LogP contribution in [0.5, 0.6) is 0 Å². The van der Waals surface area contributed by atoms with Crippen LogP contribution in [0.25, 0.3) is 0 Å². The van der Waals surface area contributed by atoms with Crippen molar-refractivity contribution in [1.29, 1.82) is 0 Å². The van der Waals surface area contributed by atoms with Crippen LogP contribution in [0.1, 0.15) is 20.3 Å². The summed E-state index contributed by atoms with van der Waals surface area (Å²) in [6.45, 7) is 6.93. The van der Waals surface area contributed by atoms with Crippen molar-refractivity contribution in [3.63, 3.8) is 0 Å². The summed E-state index contributed by atoms with van der Waals surface area (Å²) in [4.78, 5) is -0.358. The summed E-state index contributed by atoms with van der Waals surface area (Å²) >= 11 is 0. The van der Waals surface area contributed by atoms with Crippen LogP contribution in [0.4, 0.5) is 0 Å². The van der Waals surface area contributed by atoms with Crippen molar-refractivity contribution in [2.24, 2.45) is 0 Å². The zero-order valence-electron chi connectivity index (χ0n) is 9.15. The van der Waals surface area contributed by atoms with Crippen LogP contribution in [0.15, 0.2) is 11.5 Å². The maximum atomic E-state index is 10.5. The Kier molecular flexibility index (Phi) is 5.47. The zero-order chi connectivity index (χ0) is 11.0. The molecule has 7 heteroatoms. The summed E-state index contributed by atoms with van der Waals surface area (Å²) in [5.41, 5.74) is 0. The minimum atomic E-state index is -4.41. The molecule has 15 heavy (non-hydrogen) atoms. The van der Waals surface area contributed by atoms with Crippen molar-refractivity contribution in [2.75, 3.05) is 6.61 Å². The van der Waals surface area contributed by atoms with Crippen LogP contribution in [0, 0.1) is 0 Å². The van der Waals surface area contributed by atoms with E-state index in [2.05, 4.69) is 6.58 Å². The van der Waals surface area contributed by atoms with E-state index in [4.69, 9.17) is 9.47 Å². The Morgan fingerprint density at radius 3 is 2.47 bits per heavy atom. The summed E-state index contributed by atoms with van der Waals surface area (Å²) < 4.78 is 42.1. The Hall–Kier alpha value is 0.570.